The van der Waals surface area contributed by atoms with Crippen LogP contribution < -0.4 is 10.6 Å². The first-order valence-corrected chi connectivity index (χ1v) is 8.26. The first kappa shape index (κ1) is 16.7. The number of aryl methyl sites for hydroxylation is 1. The van der Waals surface area contributed by atoms with Crippen LogP contribution in [-0.2, 0) is 13.1 Å². The van der Waals surface area contributed by atoms with Crippen molar-refractivity contribution in [3.05, 3.63) is 12.2 Å². The van der Waals surface area contributed by atoms with Gasteiger partial charge in [0, 0.05) is 25.2 Å². The number of amides is 2. The van der Waals surface area contributed by atoms with Crippen LogP contribution in [0.4, 0.5) is 4.79 Å². The SMILES string of the molecule is CCn1cnnc1CNC(=O)NC[C@@H](C)N1CCCC[C@H]1C. The van der Waals surface area contributed by atoms with E-state index in [1.165, 1.54) is 19.3 Å². The molecule has 0 spiro atoms. The smallest absolute Gasteiger partial charge is 0.315 e. The van der Waals surface area contributed by atoms with Crippen LogP contribution in [0.3, 0.4) is 0 Å². The number of aromatic nitrogens is 3. The average molecular weight is 308 g/mol. The normalized spacial score (nSPS) is 20.6. The van der Waals surface area contributed by atoms with E-state index in [4.69, 9.17) is 0 Å². The van der Waals surface area contributed by atoms with Gasteiger partial charge in [0.05, 0.1) is 6.54 Å². The Bertz CT molecular complexity index is 474. The molecule has 1 aromatic heterocycles. The monoisotopic (exact) mass is 308 g/mol. The molecule has 0 aromatic carbocycles. The number of carbonyl (C=O) groups is 1. The van der Waals surface area contributed by atoms with Crippen LogP contribution in [0.25, 0.3) is 0 Å². The van der Waals surface area contributed by atoms with Crippen molar-refractivity contribution in [3.8, 4) is 0 Å². The number of likely N-dealkylation sites (tertiary alicyclic amines) is 1. The molecule has 124 valence electrons. The lowest BCUT2D eigenvalue weighted by atomic mass is 10.0. The fraction of sp³-hybridized carbons (Fsp3) is 0.800. The highest BCUT2D eigenvalue weighted by molar-refractivity contribution is 5.73. The summed E-state index contributed by atoms with van der Waals surface area (Å²) in [4.78, 5) is 14.4. The van der Waals surface area contributed by atoms with Crippen LogP contribution in [0.1, 0.15) is 45.9 Å². The highest BCUT2D eigenvalue weighted by atomic mass is 16.2. The van der Waals surface area contributed by atoms with Gasteiger partial charge in [0.2, 0.25) is 0 Å². The molecular weight excluding hydrogens is 280 g/mol. The topological polar surface area (TPSA) is 75.1 Å². The summed E-state index contributed by atoms with van der Waals surface area (Å²) in [5.41, 5.74) is 0. The second-order valence-electron chi connectivity index (χ2n) is 6.03. The zero-order valence-corrected chi connectivity index (χ0v) is 13.9. The van der Waals surface area contributed by atoms with Crippen molar-refractivity contribution in [2.45, 2.75) is 65.2 Å². The minimum Gasteiger partial charge on any atom is -0.337 e. The molecule has 2 rings (SSSR count). The molecule has 22 heavy (non-hydrogen) atoms. The first-order chi connectivity index (χ1) is 10.6. The Hall–Kier alpha value is -1.63. The molecule has 0 aliphatic carbocycles. The molecule has 1 aliphatic rings. The summed E-state index contributed by atoms with van der Waals surface area (Å²) in [5, 5.41) is 13.6. The summed E-state index contributed by atoms with van der Waals surface area (Å²) < 4.78 is 1.91. The lowest BCUT2D eigenvalue weighted by Crippen LogP contribution is -2.49. The fourth-order valence-electron chi connectivity index (χ4n) is 3.03. The van der Waals surface area contributed by atoms with Crippen LogP contribution in [0.2, 0.25) is 0 Å². The van der Waals surface area contributed by atoms with E-state index in [2.05, 4.69) is 39.6 Å². The van der Waals surface area contributed by atoms with E-state index in [1.807, 2.05) is 11.5 Å². The first-order valence-electron chi connectivity index (χ1n) is 8.26. The molecule has 7 heteroatoms. The summed E-state index contributed by atoms with van der Waals surface area (Å²) >= 11 is 0. The largest absolute Gasteiger partial charge is 0.337 e. The molecule has 1 aliphatic heterocycles. The predicted molar refractivity (Wildman–Crippen MR) is 85.4 cm³/mol. The zero-order chi connectivity index (χ0) is 15.9. The highest BCUT2D eigenvalue weighted by Gasteiger charge is 2.23. The lowest BCUT2D eigenvalue weighted by molar-refractivity contribution is 0.114. The molecule has 0 saturated carbocycles. The van der Waals surface area contributed by atoms with Gasteiger partial charge in [-0.1, -0.05) is 6.42 Å². The van der Waals surface area contributed by atoms with Crippen molar-refractivity contribution in [3.63, 3.8) is 0 Å². The minimum atomic E-state index is -0.151. The van der Waals surface area contributed by atoms with Crippen molar-refractivity contribution >= 4 is 6.03 Å². The molecule has 0 radical (unpaired) electrons. The molecular formula is C15H28N6O. The van der Waals surface area contributed by atoms with Crippen molar-refractivity contribution in [1.82, 2.24) is 30.3 Å². The number of nitrogens with one attached hydrogen (secondary N) is 2. The molecule has 0 unspecified atom stereocenters. The van der Waals surface area contributed by atoms with E-state index in [1.54, 1.807) is 6.33 Å². The molecule has 1 fully saturated rings. The minimum absolute atomic E-state index is 0.151. The average Bonchev–Trinajstić information content (AvgIpc) is 2.98. The number of hydrogen-bond donors (Lipinski definition) is 2. The van der Waals surface area contributed by atoms with Crippen molar-refractivity contribution in [2.24, 2.45) is 0 Å². The van der Waals surface area contributed by atoms with E-state index < -0.39 is 0 Å². The second-order valence-corrected chi connectivity index (χ2v) is 6.03. The zero-order valence-electron chi connectivity index (χ0n) is 13.9. The third-order valence-corrected chi connectivity index (χ3v) is 4.42. The third kappa shape index (κ3) is 4.43. The maximum atomic E-state index is 11.9. The van der Waals surface area contributed by atoms with Crippen molar-refractivity contribution in [1.29, 1.82) is 0 Å². The molecule has 1 aromatic rings. The fourth-order valence-corrected chi connectivity index (χ4v) is 3.03. The Morgan fingerprint density at radius 3 is 3.00 bits per heavy atom. The van der Waals surface area contributed by atoms with Crippen molar-refractivity contribution < 1.29 is 4.79 Å². The Morgan fingerprint density at radius 2 is 2.27 bits per heavy atom. The van der Waals surface area contributed by atoms with Crippen LogP contribution in [0.5, 0.6) is 0 Å². The molecule has 1 saturated heterocycles. The molecule has 0 bridgehead atoms. The van der Waals surface area contributed by atoms with E-state index in [0.717, 1.165) is 18.9 Å². The number of carbonyl (C=O) groups excluding carboxylic acids is 1. The maximum absolute atomic E-state index is 11.9. The van der Waals surface area contributed by atoms with Gasteiger partial charge in [0.1, 0.15) is 6.33 Å². The van der Waals surface area contributed by atoms with Gasteiger partial charge < -0.3 is 15.2 Å². The Labute approximate surface area is 132 Å². The number of piperidine rings is 1. The third-order valence-electron chi connectivity index (χ3n) is 4.42. The second kappa shape index (κ2) is 8.12. The Balaban J connectivity index is 1.71. The molecule has 7 nitrogen and oxygen atoms in total. The van der Waals surface area contributed by atoms with Gasteiger partial charge in [0.15, 0.2) is 5.82 Å². The van der Waals surface area contributed by atoms with E-state index in [0.29, 0.717) is 25.2 Å². The van der Waals surface area contributed by atoms with E-state index in [-0.39, 0.29) is 6.03 Å². The number of hydrogen-bond acceptors (Lipinski definition) is 4. The quantitative estimate of drug-likeness (QED) is 0.832. The summed E-state index contributed by atoms with van der Waals surface area (Å²) in [6.07, 6.45) is 5.50. The van der Waals surface area contributed by atoms with E-state index >= 15 is 0 Å². The molecule has 2 amide bonds. The Kier molecular flexibility index (Phi) is 6.18. The molecule has 2 N–H and O–H groups in total. The van der Waals surface area contributed by atoms with Crippen LogP contribution in [0, 0.1) is 0 Å². The van der Waals surface area contributed by atoms with Gasteiger partial charge in [-0.05, 0) is 40.2 Å². The van der Waals surface area contributed by atoms with E-state index in [9.17, 15) is 4.79 Å². The highest BCUT2D eigenvalue weighted by Crippen LogP contribution is 2.18. The van der Waals surface area contributed by atoms with Gasteiger partial charge in [0.25, 0.3) is 0 Å². The summed E-state index contributed by atoms with van der Waals surface area (Å²) in [5.74, 6) is 0.773. The number of rotatable bonds is 6. The van der Waals surface area contributed by atoms with Crippen molar-refractivity contribution in [2.75, 3.05) is 13.1 Å². The summed E-state index contributed by atoms with van der Waals surface area (Å²) in [6, 6.07) is 0.819. The van der Waals surface area contributed by atoms with Crippen LogP contribution >= 0.6 is 0 Å². The predicted octanol–water partition coefficient (Wildman–Crippen LogP) is 1.36. The van der Waals surface area contributed by atoms with Gasteiger partial charge >= 0.3 is 6.03 Å². The number of nitrogens with zero attached hydrogens (tertiary/aromatic N) is 4. The summed E-state index contributed by atoms with van der Waals surface area (Å²) in [7, 11) is 0. The van der Waals surface area contributed by atoms with Gasteiger partial charge in [-0.25, -0.2) is 4.79 Å². The van der Waals surface area contributed by atoms with Crippen LogP contribution in [-0.4, -0.2) is 50.9 Å². The molecule has 2 heterocycles. The standard InChI is InChI=1S/C15H28N6O/c1-4-20-11-18-19-14(20)10-17-15(22)16-9-13(3)21-8-6-5-7-12(21)2/h11-13H,4-10H2,1-3H3,(H2,16,17,22)/t12-,13-/m1/s1. The number of urea groups is 1. The van der Waals surface area contributed by atoms with Gasteiger partial charge in [-0.2, -0.15) is 0 Å². The van der Waals surface area contributed by atoms with Gasteiger partial charge in [-0.3, -0.25) is 4.90 Å². The van der Waals surface area contributed by atoms with Gasteiger partial charge in [-0.15, -0.1) is 10.2 Å². The molecule has 2 atom stereocenters. The maximum Gasteiger partial charge on any atom is 0.315 e. The Morgan fingerprint density at radius 1 is 1.45 bits per heavy atom. The summed E-state index contributed by atoms with van der Waals surface area (Å²) in [6.45, 7) is 9.46. The van der Waals surface area contributed by atoms with Crippen LogP contribution in [0.15, 0.2) is 6.33 Å². The lowest BCUT2D eigenvalue weighted by Gasteiger charge is -2.38.